The molecule has 0 radical (unpaired) electrons. The number of carbonyl (C=O) groups is 3. The highest BCUT2D eigenvalue weighted by molar-refractivity contribution is 8.18. The number of imide groups is 1. The van der Waals surface area contributed by atoms with Crippen molar-refractivity contribution < 1.29 is 33.0 Å². The quantitative estimate of drug-likeness (QED) is 0.535. The second-order valence-corrected chi connectivity index (χ2v) is 6.63. The fraction of sp³-hybridized carbons (Fsp3) is 0.211. The molecule has 0 unspecified atom stereocenters. The Labute approximate surface area is 165 Å². The number of methoxy groups -OCH3 is 3. The van der Waals surface area contributed by atoms with Gasteiger partial charge in [-0.1, -0.05) is 6.07 Å². The average molecular weight is 403 g/mol. The van der Waals surface area contributed by atoms with E-state index in [1.807, 2.05) is 0 Å². The molecule has 28 heavy (non-hydrogen) atoms. The number of furan rings is 1. The van der Waals surface area contributed by atoms with E-state index in [2.05, 4.69) is 4.74 Å². The van der Waals surface area contributed by atoms with Crippen molar-refractivity contribution in [3.63, 3.8) is 0 Å². The van der Waals surface area contributed by atoms with E-state index in [1.165, 1.54) is 33.5 Å². The lowest BCUT2D eigenvalue weighted by atomic mass is 10.2. The highest BCUT2D eigenvalue weighted by atomic mass is 32.2. The molecule has 1 aliphatic rings. The molecule has 3 rings (SSSR count). The van der Waals surface area contributed by atoms with E-state index in [-0.39, 0.29) is 17.2 Å². The molecule has 2 heterocycles. The first kappa shape index (κ1) is 19.6. The number of thioether (sulfide) groups is 1. The van der Waals surface area contributed by atoms with E-state index in [1.54, 1.807) is 24.3 Å². The van der Waals surface area contributed by atoms with Gasteiger partial charge in [0, 0.05) is 0 Å². The molecule has 0 spiro atoms. The van der Waals surface area contributed by atoms with Gasteiger partial charge in [-0.3, -0.25) is 14.5 Å². The van der Waals surface area contributed by atoms with Crippen molar-refractivity contribution in [2.75, 3.05) is 21.3 Å². The van der Waals surface area contributed by atoms with Crippen LogP contribution in [0.4, 0.5) is 4.79 Å². The summed E-state index contributed by atoms with van der Waals surface area (Å²) in [6.07, 6.45) is 1.61. The molecule has 1 fully saturated rings. The molecule has 0 atom stereocenters. The minimum absolute atomic E-state index is 0.00495. The van der Waals surface area contributed by atoms with Gasteiger partial charge in [-0.15, -0.1) is 0 Å². The molecular weight excluding hydrogens is 386 g/mol. The minimum Gasteiger partial charge on any atom is -0.493 e. The van der Waals surface area contributed by atoms with Crippen molar-refractivity contribution in [2.45, 2.75) is 6.54 Å². The number of benzene rings is 1. The molecule has 0 saturated carbocycles. The summed E-state index contributed by atoms with van der Waals surface area (Å²) < 4.78 is 20.3. The van der Waals surface area contributed by atoms with Gasteiger partial charge in [0.2, 0.25) is 5.76 Å². The third kappa shape index (κ3) is 3.89. The topological polar surface area (TPSA) is 95.3 Å². The molecule has 8 nitrogen and oxygen atoms in total. The number of nitrogens with zero attached hydrogens (tertiary/aromatic N) is 1. The number of carbonyl (C=O) groups excluding carboxylic acids is 3. The van der Waals surface area contributed by atoms with Crippen LogP contribution in [0.1, 0.15) is 21.9 Å². The van der Waals surface area contributed by atoms with Gasteiger partial charge in [0.15, 0.2) is 11.5 Å². The Morgan fingerprint density at radius 1 is 1.11 bits per heavy atom. The predicted octanol–water partition coefficient (Wildman–Crippen LogP) is 3.32. The molecule has 2 amide bonds. The van der Waals surface area contributed by atoms with Crippen LogP contribution in [0, 0.1) is 0 Å². The van der Waals surface area contributed by atoms with Crippen molar-refractivity contribution in [1.29, 1.82) is 0 Å². The Bertz CT molecular complexity index is 963. The van der Waals surface area contributed by atoms with Gasteiger partial charge < -0.3 is 18.6 Å². The summed E-state index contributed by atoms with van der Waals surface area (Å²) in [5.41, 5.74) is 0.689. The zero-order chi connectivity index (χ0) is 20.3. The molecule has 2 aromatic rings. The molecule has 0 bridgehead atoms. The average Bonchev–Trinajstić information content (AvgIpc) is 3.28. The molecule has 1 aromatic carbocycles. The standard InChI is InChI=1S/C19H17NO7S/c1-24-13-6-4-11(8-15(13)25-2)9-16-17(21)20(19(23)28-16)10-12-5-7-14(27-12)18(22)26-3/h4-9H,10H2,1-3H3/b16-9+. The second-order valence-electron chi connectivity index (χ2n) is 5.64. The minimum atomic E-state index is -0.631. The summed E-state index contributed by atoms with van der Waals surface area (Å²) in [6, 6.07) is 8.13. The van der Waals surface area contributed by atoms with Gasteiger partial charge in [-0.25, -0.2) is 4.79 Å². The van der Waals surface area contributed by atoms with Gasteiger partial charge in [0.1, 0.15) is 5.76 Å². The lowest BCUT2D eigenvalue weighted by Gasteiger charge is -2.10. The molecule has 0 N–H and O–H groups in total. The van der Waals surface area contributed by atoms with Crippen molar-refractivity contribution >= 4 is 35.0 Å². The van der Waals surface area contributed by atoms with E-state index >= 15 is 0 Å². The number of ether oxygens (including phenoxy) is 3. The largest absolute Gasteiger partial charge is 0.493 e. The lowest BCUT2D eigenvalue weighted by molar-refractivity contribution is -0.123. The van der Waals surface area contributed by atoms with Crippen LogP contribution in [-0.4, -0.2) is 43.3 Å². The number of hydrogen-bond donors (Lipinski definition) is 0. The van der Waals surface area contributed by atoms with E-state index in [0.717, 1.165) is 16.7 Å². The van der Waals surface area contributed by atoms with Crippen LogP contribution < -0.4 is 9.47 Å². The van der Waals surface area contributed by atoms with Gasteiger partial charge in [-0.2, -0.15) is 0 Å². The summed E-state index contributed by atoms with van der Waals surface area (Å²) in [5, 5.41) is -0.423. The zero-order valence-electron chi connectivity index (χ0n) is 15.4. The maximum Gasteiger partial charge on any atom is 0.373 e. The fourth-order valence-corrected chi connectivity index (χ4v) is 3.40. The fourth-order valence-electron chi connectivity index (χ4n) is 2.56. The molecule has 9 heteroatoms. The SMILES string of the molecule is COC(=O)c1ccc(CN2C(=O)S/C(=C/c3ccc(OC)c(OC)c3)C2=O)o1. The van der Waals surface area contributed by atoms with E-state index in [4.69, 9.17) is 13.9 Å². The summed E-state index contributed by atoms with van der Waals surface area (Å²) in [5.74, 6) is 0.309. The Morgan fingerprint density at radius 2 is 1.86 bits per heavy atom. The van der Waals surface area contributed by atoms with Crippen LogP contribution in [0.15, 0.2) is 39.7 Å². The molecule has 1 aliphatic heterocycles. The van der Waals surface area contributed by atoms with Gasteiger partial charge in [0.05, 0.1) is 32.8 Å². The Kier molecular flexibility index (Phi) is 5.74. The molecule has 1 saturated heterocycles. The van der Waals surface area contributed by atoms with E-state index in [9.17, 15) is 14.4 Å². The zero-order valence-corrected chi connectivity index (χ0v) is 16.2. The van der Waals surface area contributed by atoms with Gasteiger partial charge >= 0.3 is 5.97 Å². The maximum atomic E-state index is 12.6. The van der Waals surface area contributed by atoms with Crippen molar-refractivity contribution in [3.8, 4) is 11.5 Å². The third-order valence-corrected chi connectivity index (χ3v) is 4.85. The normalized spacial score (nSPS) is 15.2. The first-order valence-electron chi connectivity index (χ1n) is 8.11. The maximum absolute atomic E-state index is 12.6. The number of hydrogen-bond acceptors (Lipinski definition) is 8. The number of esters is 1. The van der Waals surface area contributed by atoms with E-state index < -0.39 is 17.1 Å². The van der Waals surface area contributed by atoms with Crippen LogP contribution in [0.3, 0.4) is 0 Å². The third-order valence-electron chi connectivity index (χ3n) is 3.94. The van der Waals surface area contributed by atoms with Crippen LogP contribution in [0.2, 0.25) is 0 Å². The summed E-state index contributed by atoms with van der Waals surface area (Å²) in [6.45, 7) is -0.0784. The predicted molar refractivity (Wildman–Crippen MR) is 101 cm³/mol. The Balaban J connectivity index is 1.79. The van der Waals surface area contributed by atoms with Crippen LogP contribution in [0.25, 0.3) is 6.08 Å². The first-order chi connectivity index (χ1) is 13.5. The van der Waals surface area contributed by atoms with Crippen LogP contribution in [0.5, 0.6) is 11.5 Å². The summed E-state index contributed by atoms with van der Waals surface area (Å²) in [4.78, 5) is 37.7. The smallest absolute Gasteiger partial charge is 0.373 e. The lowest BCUT2D eigenvalue weighted by Crippen LogP contribution is -2.27. The molecule has 146 valence electrons. The van der Waals surface area contributed by atoms with Gasteiger partial charge in [0.25, 0.3) is 11.1 Å². The highest BCUT2D eigenvalue weighted by Gasteiger charge is 2.35. The second kappa shape index (κ2) is 8.22. The molecule has 1 aromatic heterocycles. The van der Waals surface area contributed by atoms with Crippen molar-refractivity contribution in [1.82, 2.24) is 4.90 Å². The van der Waals surface area contributed by atoms with Crippen molar-refractivity contribution in [3.05, 3.63) is 52.3 Å². The Hall–Kier alpha value is -3.20. The summed E-state index contributed by atoms with van der Waals surface area (Å²) >= 11 is 0.830. The van der Waals surface area contributed by atoms with Crippen LogP contribution >= 0.6 is 11.8 Å². The number of rotatable bonds is 6. The number of amides is 2. The first-order valence-corrected chi connectivity index (χ1v) is 8.93. The molecular formula is C19H17NO7S. The van der Waals surface area contributed by atoms with E-state index in [0.29, 0.717) is 22.8 Å². The van der Waals surface area contributed by atoms with Crippen molar-refractivity contribution in [2.24, 2.45) is 0 Å². The van der Waals surface area contributed by atoms with Crippen LogP contribution in [-0.2, 0) is 16.1 Å². The van der Waals surface area contributed by atoms with Gasteiger partial charge in [-0.05, 0) is 47.7 Å². The molecule has 0 aliphatic carbocycles. The highest BCUT2D eigenvalue weighted by Crippen LogP contribution is 2.35. The Morgan fingerprint density at radius 3 is 2.54 bits per heavy atom. The summed E-state index contributed by atoms with van der Waals surface area (Å²) in [7, 11) is 4.28. The monoisotopic (exact) mass is 403 g/mol.